The number of nitrogens with two attached hydrogens (primary N) is 1. The third-order valence-corrected chi connectivity index (χ3v) is 4.89. The van der Waals surface area contributed by atoms with Crippen LogP contribution in [0, 0.1) is 0 Å². The number of carbonyl (C=O) groups is 1. The Kier molecular flexibility index (Phi) is 10.6. The zero-order chi connectivity index (χ0) is 24.1. The van der Waals surface area contributed by atoms with Crippen LogP contribution in [-0.4, -0.2) is 129 Å². The summed E-state index contributed by atoms with van der Waals surface area (Å²) in [5.41, 5.74) is 5.32. The van der Waals surface area contributed by atoms with Crippen LogP contribution in [0.25, 0.3) is 0 Å². The van der Waals surface area contributed by atoms with E-state index in [1.165, 1.54) is 6.92 Å². The Morgan fingerprint density at radius 1 is 0.968 bits per heavy atom. The van der Waals surface area contributed by atoms with Gasteiger partial charge in [-0.25, -0.2) is 4.18 Å². The van der Waals surface area contributed by atoms with E-state index in [0.29, 0.717) is 0 Å². The first kappa shape index (κ1) is 28.0. The van der Waals surface area contributed by atoms with Crippen molar-refractivity contribution in [2.45, 2.75) is 68.2 Å². The van der Waals surface area contributed by atoms with E-state index in [1.54, 1.807) is 0 Å². The zero-order valence-corrected chi connectivity index (χ0v) is 17.0. The smallest absolute Gasteiger partial charge is 0.394 e. The summed E-state index contributed by atoms with van der Waals surface area (Å²) in [6, 6.07) is -2.47. The van der Waals surface area contributed by atoms with E-state index >= 15 is 0 Å². The lowest BCUT2D eigenvalue weighted by molar-refractivity contribution is -0.253. The van der Waals surface area contributed by atoms with Crippen molar-refractivity contribution in [3.05, 3.63) is 0 Å². The zero-order valence-electron chi connectivity index (χ0n) is 16.2. The van der Waals surface area contributed by atoms with Gasteiger partial charge in [0.1, 0.15) is 42.7 Å². The molecule has 0 aliphatic carbocycles. The molecule has 31 heavy (non-hydrogen) atoms. The molecular weight excluding hydrogens is 452 g/mol. The maximum absolute atomic E-state index is 10.7. The number of aliphatic hydroxyl groups excluding tert-OH is 7. The van der Waals surface area contributed by atoms with Gasteiger partial charge in [0, 0.05) is 6.92 Å². The second-order valence-corrected chi connectivity index (χ2v) is 7.81. The monoisotopic (exact) mass is 480 g/mol. The van der Waals surface area contributed by atoms with Crippen LogP contribution in [-0.2, 0) is 28.9 Å². The molecule has 17 heteroatoms. The minimum atomic E-state index is -4.83. The Bertz CT molecular complexity index is 680. The van der Waals surface area contributed by atoms with Gasteiger partial charge in [-0.2, -0.15) is 8.42 Å². The molecule has 0 bridgehead atoms. The van der Waals surface area contributed by atoms with Crippen LogP contribution < -0.4 is 11.1 Å². The quantitative estimate of drug-likeness (QED) is 0.164. The molecule has 0 aromatic carbocycles. The van der Waals surface area contributed by atoms with Gasteiger partial charge < -0.3 is 56.3 Å². The van der Waals surface area contributed by atoms with E-state index in [4.69, 9.17) is 25.2 Å². The molecule has 11 N–H and O–H groups in total. The number of ether oxygens (including phenoxy) is 2. The third-order valence-electron chi connectivity index (χ3n) is 4.42. The van der Waals surface area contributed by atoms with Gasteiger partial charge in [0.05, 0.1) is 19.3 Å². The third kappa shape index (κ3) is 7.79. The van der Waals surface area contributed by atoms with Gasteiger partial charge >= 0.3 is 10.4 Å². The van der Waals surface area contributed by atoms with E-state index in [-0.39, 0.29) is 0 Å². The summed E-state index contributed by atoms with van der Waals surface area (Å²) < 4.78 is 43.0. The standard InChI is InChI=1S/C8H15NO6.C6H13NO8S/c1-3(11)9-5-7(13)6(12)4(2-10)15-8(5)14;7-3-5(15-16(11,12)13)4(9)2(1-8)14-6(3)10/h4-8,10,12-14H,2H2,1H3,(H,9,11);2-6,8-10H,1,7H2,(H,11,12,13)/t4-,5+,6-,7-,8?;2-,3-,4-,5-,6?/m11/s1. The van der Waals surface area contributed by atoms with Crippen molar-refractivity contribution >= 4 is 16.3 Å². The molecule has 0 saturated carbocycles. The number of aliphatic hydroxyl groups is 7. The highest BCUT2D eigenvalue weighted by atomic mass is 32.3. The van der Waals surface area contributed by atoms with Crippen LogP contribution in [0.1, 0.15) is 6.92 Å². The van der Waals surface area contributed by atoms with Crippen LogP contribution in [0.5, 0.6) is 0 Å². The molecule has 16 nitrogen and oxygen atoms in total. The molecule has 2 aliphatic heterocycles. The lowest BCUT2D eigenvalue weighted by Crippen LogP contribution is -2.63. The summed E-state index contributed by atoms with van der Waals surface area (Å²) in [6.07, 6.45) is -11.3. The molecule has 2 unspecified atom stereocenters. The maximum Gasteiger partial charge on any atom is 0.397 e. The van der Waals surface area contributed by atoms with Crippen molar-refractivity contribution in [3.63, 3.8) is 0 Å². The van der Waals surface area contributed by atoms with Gasteiger partial charge in [-0.05, 0) is 0 Å². The molecule has 2 rings (SSSR count). The topological polar surface area (TPSA) is 279 Å². The Morgan fingerprint density at radius 2 is 1.45 bits per heavy atom. The molecule has 2 heterocycles. The number of hydrogen-bond acceptors (Lipinski definition) is 14. The number of hydrogen-bond donors (Lipinski definition) is 10. The van der Waals surface area contributed by atoms with E-state index < -0.39 is 90.8 Å². The molecule has 2 fully saturated rings. The highest BCUT2D eigenvalue weighted by molar-refractivity contribution is 7.80. The average molecular weight is 480 g/mol. The van der Waals surface area contributed by atoms with Crippen molar-refractivity contribution in [2.24, 2.45) is 5.73 Å². The molecule has 0 spiro atoms. The minimum Gasteiger partial charge on any atom is -0.394 e. The van der Waals surface area contributed by atoms with Crippen molar-refractivity contribution in [3.8, 4) is 0 Å². The highest BCUT2D eigenvalue weighted by Crippen LogP contribution is 2.22. The van der Waals surface area contributed by atoms with E-state index in [9.17, 15) is 38.7 Å². The predicted molar refractivity (Wildman–Crippen MR) is 96.0 cm³/mol. The van der Waals surface area contributed by atoms with Crippen molar-refractivity contribution in [1.29, 1.82) is 0 Å². The SMILES string of the molecule is CC(=O)N[C@@H]1C(O)O[C@H](CO)[C@@H](O)[C@@H]1O.N[C@H]1C(O)O[C@H](CO)[C@@H](O)[C@@H]1OS(=O)(=O)O. The molecule has 0 aromatic rings. The lowest BCUT2D eigenvalue weighted by atomic mass is 9.97. The molecule has 2 aliphatic rings. The Balaban J connectivity index is 0.000000311. The van der Waals surface area contributed by atoms with Crippen LogP contribution in [0.15, 0.2) is 0 Å². The number of rotatable bonds is 5. The summed E-state index contributed by atoms with van der Waals surface area (Å²) >= 11 is 0. The Morgan fingerprint density at radius 3 is 1.90 bits per heavy atom. The first-order valence-electron chi connectivity index (χ1n) is 8.84. The second kappa shape index (κ2) is 11.7. The molecule has 10 atom stereocenters. The first-order chi connectivity index (χ1) is 14.2. The van der Waals surface area contributed by atoms with Crippen LogP contribution in [0.3, 0.4) is 0 Å². The normalized spacial score (nSPS) is 41.1. The molecule has 2 saturated heterocycles. The van der Waals surface area contributed by atoms with Gasteiger partial charge in [-0.3, -0.25) is 9.35 Å². The molecule has 184 valence electrons. The van der Waals surface area contributed by atoms with Gasteiger partial charge in [0.25, 0.3) is 0 Å². The summed E-state index contributed by atoms with van der Waals surface area (Å²) in [5, 5.41) is 66.9. The summed E-state index contributed by atoms with van der Waals surface area (Å²) in [6.45, 7) is 0.0162. The average Bonchev–Trinajstić information content (AvgIpc) is 2.67. The second-order valence-electron chi connectivity index (χ2n) is 6.76. The summed E-state index contributed by atoms with van der Waals surface area (Å²) in [4.78, 5) is 10.7. The Labute approximate surface area is 176 Å². The Hall–Kier alpha value is -1.06. The fourth-order valence-corrected chi connectivity index (χ4v) is 3.37. The largest absolute Gasteiger partial charge is 0.397 e. The minimum absolute atomic E-state index is 0.462. The van der Waals surface area contributed by atoms with Crippen molar-refractivity contribution in [2.75, 3.05) is 13.2 Å². The molecule has 0 aromatic heterocycles. The summed E-state index contributed by atoms with van der Waals surface area (Å²) in [5.74, 6) is -0.462. The van der Waals surface area contributed by atoms with Gasteiger partial charge in [-0.1, -0.05) is 0 Å². The van der Waals surface area contributed by atoms with Crippen molar-refractivity contribution in [1.82, 2.24) is 5.32 Å². The maximum atomic E-state index is 10.7. The lowest BCUT2D eigenvalue weighted by Gasteiger charge is -2.40. The van der Waals surface area contributed by atoms with Crippen LogP contribution >= 0.6 is 0 Å². The van der Waals surface area contributed by atoms with Gasteiger partial charge in [0.2, 0.25) is 5.91 Å². The molecule has 0 radical (unpaired) electrons. The van der Waals surface area contributed by atoms with Gasteiger partial charge in [-0.15, -0.1) is 0 Å². The highest BCUT2D eigenvalue weighted by Gasteiger charge is 2.46. The summed E-state index contributed by atoms with van der Waals surface area (Å²) in [7, 11) is -4.83. The fraction of sp³-hybridized carbons (Fsp3) is 0.929. The predicted octanol–water partition coefficient (Wildman–Crippen LogP) is -6.51. The molecular formula is C14H28N2O14S. The fourth-order valence-electron chi connectivity index (χ4n) is 2.85. The number of amides is 1. The van der Waals surface area contributed by atoms with E-state index in [0.717, 1.165) is 0 Å². The number of nitrogens with one attached hydrogen (secondary N) is 1. The first-order valence-corrected chi connectivity index (χ1v) is 10.2. The van der Waals surface area contributed by atoms with E-state index in [1.807, 2.05) is 0 Å². The molecule has 1 amide bonds. The van der Waals surface area contributed by atoms with Gasteiger partial charge in [0.15, 0.2) is 12.6 Å². The van der Waals surface area contributed by atoms with Crippen LogP contribution in [0.2, 0.25) is 0 Å². The number of carbonyl (C=O) groups excluding carboxylic acids is 1. The van der Waals surface area contributed by atoms with E-state index in [2.05, 4.69) is 14.2 Å². The van der Waals surface area contributed by atoms with Crippen LogP contribution in [0.4, 0.5) is 0 Å². The van der Waals surface area contributed by atoms with Crippen molar-refractivity contribution < 1.29 is 67.2 Å².